The molecule has 2 saturated heterocycles. The molecular formula is C28H36N6O3. The number of anilines is 1. The fourth-order valence-corrected chi connectivity index (χ4v) is 5.56. The first-order chi connectivity index (χ1) is 17.9. The largest absolute Gasteiger partial charge is 0.388 e. The Labute approximate surface area is 217 Å². The van der Waals surface area contributed by atoms with Crippen LogP contribution in [0.5, 0.6) is 0 Å². The molecule has 1 aromatic carbocycles. The Morgan fingerprint density at radius 3 is 2.51 bits per heavy atom. The van der Waals surface area contributed by atoms with Gasteiger partial charge in [0.2, 0.25) is 5.91 Å². The first-order valence-corrected chi connectivity index (χ1v) is 13.3. The molecule has 196 valence electrons. The molecule has 4 heterocycles. The van der Waals surface area contributed by atoms with Gasteiger partial charge in [-0.3, -0.25) is 19.3 Å². The maximum Gasteiger partial charge on any atom is 0.255 e. The highest BCUT2D eigenvalue weighted by molar-refractivity contribution is 5.77. The summed E-state index contributed by atoms with van der Waals surface area (Å²) < 4.78 is 1.50. The van der Waals surface area contributed by atoms with Crippen molar-refractivity contribution in [2.45, 2.75) is 63.0 Å². The Morgan fingerprint density at radius 2 is 1.86 bits per heavy atom. The van der Waals surface area contributed by atoms with Crippen LogP contribution in [0.1, 0.15) is 62.1 Å². The van der Waals surface area contributed by atoms with Gasteiger partial charge >= 0.3 is 0 Å². The third-order valence-corrected chi connectivity index (χ3v) is 8.01. The fourth-order valence-electron chi connectivity index (χ4n) is 5.56. The highest BCUT2D eigenvalue weighted by Crippen LogP contribution is 2.29. The maximum atomic E-state index is 12.9. The first kappa shape index (κ1) is 25.2. The topological polar surface area (TPSA) is 107 Å². The van der Waals surface area contributed by atoms with Gasteiger partial charge < -0.3 is 14.9 Å². The third kappa shape index (κ3) is 5.93. The number of aliphatic hydroxyl groups is 1. The van der Waals surface area contributed by atoms with Crippen LogP contribution in [0.2, 0.25) is 0 Å². The first-order valence-electron chi connectivity index (χ1n) is 13.3. The standard InChI is InChI=1S/C28H36N6O3/c1-21(22-5-3-2-4-6-22)17-26(35)33-15-10-28(37,11-16-33)19-34-20-29-25(18-27(34)36)32-13-8-23(9-14-32)24-7-12-30-31-24/h2-7,12,18,20-21,23,37H,8-11,13-17,19H2,1H3,(H,30,31). The number of amides is 1. The van der Waals surface area contributed by atoms with Crippen molar-refractivity contribution in [2.75, 3.05) is 31.1 Å². The SMILES string of the molecule is CC(CC(=O)N1CCC(O)(Cn2cnc(N3CCC(c4ccn[nH]4)CC3)cc2=O)CC1)c1ccccc1. The van der Waals surface area contributed by atoms with E-state index in [0.29, 0.717) is 44.1 Å². The molecule has 0 aliphatic carbocycles. The van der Waals surface area contributed by atoms with Crippen molar-refractivity contribution in [3.63, 3.8) is 0 Å². The smallest absolute Gasteiger partial charge is 0.255 e. The van der Waals surface area contributed by atoms with E-state index in [1.165, 1.54) is 4.57 Å². The lowest BCUT2D eigenvalue weighted by Gasteiger charge is -2.38. The monoisotopic (exact) mass is 504 g/mol. The molecule has 5 rings (SSSR count). The van der Waals surface area contributed by atoms with E-state index in [-0.39, 0.29) is 23.9 Å². The Balaban J connectivity index is 1.13. The van der Waals surface area contributed by atoms with Gasteiger partial charge in [0.15, 0.2) is 0 Å². The molecule has 2 fully saturated rings. The van der Waals surface area contributed by atoms with Gasteiger partial charge in [0, 0.05) is 56.5 Å². The average molecular weight is 505 g/mol. The van der Waals surface area contributed by atoms with Gasteiger partial charge in [-0.25, -0.2) is 4.98 Å². The molecular weight excluding hydrogens is 468 g/mol. The van der Waals surface area contributed by atoms with E-state index in [4.69, 9.17) is 0 Å². The molecule has 2 aliphatic rings. The van der Waals surface area contributed by atoms with Crippen LogP contribution in [0, 0.1) is 0 Å². The average Bonchev–Trinajstić information content (AvgIpc) is 3.46. The number of nitrogens with zero attached hydrogens (tertiary/aromatic N) is 5. The number of benzene rings is 1. The second-order valence-corrected chi connectivity index (χ2v) is 10.6. The summed E-state index contributed by atoms with van der Waals surface area (Å²) in [7, 11) is 0. The molecule has 0 radical (unpaired) electrons. The molecule has 9 heteroatoms. The zero-order valence-corrected chi connectivity index (χ0v) is 21.4. The minimum atomic E-state index is -1.03. The van der Waals surface area contributed by atoms with Crippen molar-refractivity contribution in [3.8, 4) is 0 Å². The van der Waals surface area contributed by atoms with Gasteiger partial charge in [0.25, 0.3) is 5.56 Å². The fraction of sp³-hybridized carbons (Fsp3) is 0.500. The quantitative estimate of drug-likeness (QED) is 0.512. The number of carbonyl (C=O) groups excluding carboxylic acids is 1. The van der Waals surface area contributed by atoms with Crippen molar-refractivity contribution in [1.82, 2.24) is 24.6 Å². The summed E-state index contributed by atoms with van der Waals surface area (Å²) in [5.41, 5.74) is 1.12. The molecule has 2 N–H and O–H groups in total. The summed E-state index contributed by atoms with van der Waals surface area (Å²) >= 11 is 0. The lowest BCUT2D eigenvalue weighted by Crippen LogP contribution is -2.49. The summed E-state index contributed by atoms with van der Waals surface area (Å²) in [6.45, 7) is 4.89. The molecule has 9 nitrogen and oxygen atoms in total. The van der Waals surface area contributed by atoms with Crippen LogP contribution < -0.4 is 10.5 Å². The predicted octanol–water partition coefficient (Wildman–Crippen LogP) is 2.90. The van der Waals surface area contributed by atoms with Crippen LogP contribution in [0.25, 0.3) is 0 Å². The Morgan fingerprint density at radius 1 is 1.14 bits per heavy atom. The summed E-state index contributed by atoms with van der Waals surface area (Å²) in [6.07, 6.45) is 6.62. The van der Waals surface area contributed by atoms with Crippen molar-refractivity contribution in [1.29, 1.82) is 0 Å². The number of H-pyrrole nitrogens is 1. The minimum absolute atomic E-state index is 0.109. The number of aromatic amines is 1. The van der Waals surface area contributed by atoms with Crippen LogP contribution in [0.15, 0.2) is 59.8 Å². The maximum absolute atomic E-state index is 12.9. The van der Waals surface area contributed by atoms with Crippen LogP contribution in [0.3, 0.4) is 0 Å². The van der Waals surface area contributed by atoms with Crippen molar-refractivity contribution in [3.05, 3.63) is 76.6 Å². The van der Waals surface area contributed by atoms with Gasteiger partial charge in [-0.1, -0.05) is 37.3 Å². The highest BCUT2D eigenvalue weighted by atomic mass is 16.3. The second-order valence-electron chi connectivity index (χ2n) is 10.6. The van der Waals surface area contributed by atoms with Gasteiger partial charge in [0.1, 0.15) is 5.82 Å². The van der Waals surface area contributed by atoms with Crippen molar-refractivity contribution < 1.29 is 9.90 Å². The molecule has 3 aromatic rings. The predicted molar refractivity (Wildman–Crippen MR) is 142 cm³/mol. The van der Waals surface area contributed by atoms with E-state index in [1.807, 2.05) is 41.3 Å². The van der Waals surface area contributed by atoms with E-state index >= 15 is 0 Å². The lowest BCUT2D eigenvalue weighted by atomic mass is 9.90. The van der Waals surface area contributed by atoms with Crippen molar-refractivity contribution >= 4 is 11.7 Å². The Bertz CT molecular complexity index is 1230. The molecule has 0 spiro atoms. The number of piperidine rings is 2. The second kappa shape index (κ2) is 10.9. The normalized spacial score (nSPS) is 19.1. The number of likely N-dealkylation sites (tertiary alicyclic amines) is 1. The number of aromatic nitrogens is 4. The summed E-state index contributed by atoms with van der Waals surface area (Å²) in [4.78, 5) is 34.3. The van der Waals surface area contributed by atoms with Crippen LogP contribution >= 0.6 is 0 Å². The lowest BCUT2D eigenvalue weighted by molar-refractivity contribution is -0.136. The summed E-state index contributed by atoms with van der Waals surface area (Å²) in [5.74, 6) is 1.39. The third-order valence-electron chi connectivity index (χ3n) is 8.01. The van der Waals surface area contributed by atoms with E-state index < -0.39 is 5.60 Å². The van der Waals surface area contributed by atoms with Gasteiger partial charge in [-0.05, 0) is 43.2 Å². The Hall–Kier alpha value is -3.46. The van der Waals surface area contributed by atoms with Crippen LogP contribution in [0.4, 0.5) is 5.82 Å². The Kier molecular flexibility index (Phi) is 7.41. The van der Waals surface area contributed by atoms with Gasteiger partial charge in [0.05, 0.1) is 18.5 Å². The number of carbonyl (C=O) groups is 1. The zero-order chi connectivity index (χ0) is 25.8. The highest BCUT2D eigenvalue weighted by Gasteiger charge is 2.35. The number of rotatable bonds is 7. The van der Waals surface area contributed by atoms with E-state index in [0.717, 1.165) is 37.2 Å². The number of nitrogens with one attached hydrogen (secondary N) is 1. The molecule has 1 amide bonds. The summed E-state index contributed by atoms with van der Waals surface area (Å²) in [6, 6.07) is 13.7. The van der Waals surface area contributed by atoms with Crippen LogP contribution in [-0.2, 0) is 11.3 Å². The number of hydrogen-bond acceptors (Lipinski definition) is 6. The molecule has 0 bridgehead atoms. The van der Waals surface area contributed by atoms with E-state index in [2.05, 4.69) is 27.0 Å². The molecule has 0 saturated carbocycles. The molecule has 1 atom stereocenters. The van der Waals surface area contributed by atoms with Gasteiger partial charge in [-0.2, -0.15) is 5.10 Å². The molecule has 2 aromatic heterocycles. The summed E-state index contributed by atoms with van der Waals surface area (Å²) in [5, 5.41) is 18.3. The molecule has 2 aliphatic heterocycles. The van der Waals surface area contributed by atoms with Crippen molar-refractivity contribution in [2.24, 2.45) is 0 Å². The number of hydrogen-bond donors (Lipinski definition) is 2. The minimum Gasteiger partial charge on any atom is -0.388 e. The zero-order valence-electron chi connectivity index (χ0n) is 21.4. The van der Waals surface area contributed by atoms with E-state index in [1.54, 1.807) is 18.6 Å². The van der Waals surface area contributed by atoms with Gasteiger partial charge in [-0.15, -0.1) is 0 Å². The van der Waals surface area contributed by atoms with Crippen LogP contribution in [-0.4, -0.2) is 67.4 Å². The van der Waals surface area contributed by atoms with E-state index in [9.17, 15) is 14.7 Å². The molecule has 1 unspecified atom stereocenters. The molecule has 37 heavy (non-hydrogen) atoms.